The number of benzene rings is 1. The maximum absolute atomic E-state index is 12.6. The molecule has 1 N–H and O–H groups in total. The lowest BCUT2D eigenvalue weighted by molar-refractivity contribution is 0.146. The van der Waals surface area contributed by atoms with Gasteiger partial charge < -0.3 is 9.84 Å². The zero-order chi connectivity index (χ0) is 13.7. The second-order valence-corrected chi connectivity index (χ2v) is 6.74. The van der Waals surface area contributed by atoms with Gasteiger partial charge in [-0.05, 0) is 37.1 Å². The monoisotopic (exact) mass is 282 g/mol. The third kappa shape index (κ3) is 3.80. The van der Waals surface area contributed by atoms with E-state index in [1.54, 1.807) is 7.11 Å². The topological polar surface area (TPSA) is 46.5 Å². The van der Waals surface area contributed by atoms with E-state index in [1.165, 1.54) is 12.8 Å². The lowest BCUT2D eigenvalue weighted by atomic mass is 9.98. The van der Waals surface area contributed by atoms with Gasteiger partial charge in [-0.15, -0.1) is 0 Å². The zero-order valence-electron chi connectivity index (χ0n) is 11.4. The summed E-state index contributed by atoms with van der Waals surface area (Å²) in [5.41, 5.74) is 0. The van der Waals surface area contributed by atoms with Gasteiger partial charge in [0, 0.05) is 4.90 Å². The Labute approximate surface area is 117 Å². The number of ether oxygens (including phenoxy) is 1. The Balaban J connectivity index is 2.10. The number of aliphatic hydroxyl groups excluding tert-OH is 1. The average molecular weight is 282 g/mol. The SMILES string of the molecule is COc1ccc(S(=O)[C@@H]2CCCCCC[C@H]2O)cc1. The Bertz CT molecular complexity index is 416. The van der Waals surface area contributed by atoms with Crippen molar-refractivity contribution < 1.29 is 14.1 Å². The fourth-order valence-corrected chi connectivity index (χ4v) is 4.12. The molecule has 1 fully saturated rings. The van der Waals surface area contributed by atoms with Crippen molar-refractivity contribution in [3.8, 4) is 5.75 Å². The first-order valence-corrected chi connectivity index (χ1v) is 8.16. The van der Waals surface area contributed by atoms with Crippen LogP contribution in [0.5, 0.6) is 5.75 Å². The highest BCUT2D eigenvalue weighted by molar-refractivity contribution is 7.85. The maximum Gasteiger partial charge on any atom is 0.118 e. The van der Waals surface area contributed by atoms with E-state index in [1.807, 2.05) is 24.3 Å². The second kappa shape index (κ2) is 7.06. The summed E-state index contributed by atoms with van der Waals surface area (Å²) in [4.78, 5) is 0.783. The minimum absolute atomic E-state index is 0.131. The molecule has 3 atom stereocenters. The molecule has 4 heteroatoms. The van der Waals surface area contributed by atoms with Crippen molar-refractivity contribution in [2.24, 2.45) is 0 Å². The molecule has 2 rings (SSSR count). The van der Waals surface area contributed by atoms with Crippen LogP contribution in [0.25, 0.3) is 0 Å². The summed E-state index contributed by atoms with van der Waals surface area (Å²) in [5, 5.41) is 10.1. The van der Waals surface area contributed by atoms with Gasteiger partial charge in [-0.1, -0.05) is 25.7 Å². The molecule has 0 spiro atoms. The quantitative estimate of drug-likeness (QED) is 0.927. The molecule has 1 unspecified atom stereocenters. The van der Waals surface area contributed by atoms with Crippen LogP contribution in [0.1, 0.15) is 38.5 Å². The van der Waals surface area contributed by atoms with Gasteiger partial charge in [0.05, 0.1) is 29.3 Å². The van der Waals surface area contributed by atoms with E-state index in [0.29, 0.717) is 0 Å². The molecule has 0 radical (unpaired) electrons. The van der Waals surface area contributed by atoms with Crippen molar-refractivity contribution >= 4 is 10.8 Å². The van der Waals surface area contributed by atoms with Crippen LogP contribution in [0.3, 0.4) is 0 Å². The molecule has 1 saturated carbocycles. The molecule has 0 amide bonds. The Morgan fingerprint density at radius 2 is 1.74 bits per heavy atom. The molecule has 19 heavy (non-hydrogen) atoms. The van der Waals surface area contributed by atoms with Gasteiger partial charge in [0.2, 0.25) is 0 Å². The zero-order valence-corrected chi connectivity index (χ0v) is 12.2. The second-order valence-electron chi connectivity index (χ2n) is 5.07. The first-order chi connectivity index (χ1) is 9.22. The summed E-state index contributed by atoms with van der Waals surface area (Å²) < 4.78 is 17.7. The summed E-state index contributed by atoms with van der Waals surface area (Å²) in [6, 6.07) is 7.31. The molecular formula is C15H22O3S. The first kappa shape index (κ1) is 14.5. The fourth-order valence-electron chi connectivity index (χ4n) is 2.57. The lowest BCUT2D eigenvalue weighted by Gasteiger charge is -2.24. The van der Waals surface area contributed by atoms with Gasteiger partial charge in [-0.3, -0.25) is 4.21 Å². The molecule has 1 aliphatic carbocycles. The molecule has 0 heterocycles. The van der Waals surface area contributed by atoms with Crippen LogP contribution in [-0.2, 0) is 10.8 Å². The van der Waals surface area contributed by atoms with Crippen molar-refractivity contribution in [3.63, 3.8) is 0 Å². The van der Waals surface area contributed by atoms with Crippen molar-refractivity contribution in [1.82, 2.24) is 0 Å². The Hall–Kier alpha value is -0.870. The lowest BCUT2D eigenvalue weighted by Crippen LogP contribution is -2.31. The third-order valence-electron chi connectivity index (χ3n) is 3.73. The minimum atomic E-state index is -1.13. The molecular weight excluding hydrogens is 260 g/mol. The summed E-state index contributed by atoms with van der Waals surface area (Å²) in [6.45, 7) is 0. The number of hydrogen-bond donors (Lipinski definition) is 1. The smallest absolute Gasteiger partial charge is 0.118 e. The van der Waals surface area contributed by atoms with Gasteiger partial charge >= 0.3 is 0 Å². The van der Waals surface area contributed by atoms with E-state index in [0.717, 1.165) is 36.3 Å². The predicted octanol–water partition coefficient (Wildman–Crippen LogP) is 2.89. The molecule has 1 aromatic rings. The molecule has 0 aromatic heterocycles. The molecule has 1 aliphatic rings. The molecule has 1 aromatic carbocycles. The van der Waals surface area contributed by atoms with E-state index < -0.39 is 16.9 Å². The molecule has 0 aliphatic heterocycles. The fraction of sp³-hybridized carbons (Fsp3) is 0.600. The summed E-state index contributed by atoms with van der Waals surface area (Å²) in [5.74, 6) is 0.763. The van der Waals surface area contributed by atoms with E-state index in [-0.39, 0.29) is 5.25 Å². The van der Waals surface area contributed by atoms with Gasteiger partial charge in [-0.25, -0.2) is 0 Å². The van der Waals surface area contributed by atoms with Crippen LogP contribution in [0.15, 0.2) is 29.2 Å². The largest absolute Gasteiger partial charge is 0.497 e. The predicted molar refractivity (Wildman–Crippen MR) is 76.9 cm³/mol. The Morgan fingerprint density at radius 3 is 2.37 bits per heavy atom. The van der Waals surface area contributed by atoms with E-state index in [4.69, 9.17) is 4.74 Å². The van der Waals surface area contributed by atoms with E-state index in [9.17, 15) is 9.32 Å². The number of methoxy groups -OCH3 is 1. The van der Waals surface area contributed by atoms with Gasteiger partial charge in [0.25, 0.3) is 0 Å². The molecule has 0 bridgehead atoms. The number of rotatable bonds is 3. The van der Waals surface area contributed by atoms with Crippen LogP contribution in [0.2, 0.25) is 0 Å². The Morgan fingerprint density at radius 1 is 1.11 bits per heavy atom. The normalized spacial score (nSPS) is 26.2. The summed E-state index contributed by atoms with van der Waals surface area (Å²) in [7, 11) is 0.481. The molecule has 0 saturated heterocycles. The number of hydrogen-bond acceptors (Lipinski definition) is 3. The van der Waals surface area contributed by atoms with Crippen molar-refractivity contribution in [2.45, 2.75) is 54.8 Å². The summed E-state index contributed by atoms with van der Waals surface area (Å²) >= 11 is 0. The highest BCUT2D eigenvalue weighted by Crippen LogP contribution is 2.26. The average Bonchev–Trinajstić information content (AvgIpc) is 2.43. The molecule has 106 valence electrons. The van der Waals surface area contributed by atoms with E-state index in [2.05, 4.69) is 0 Å². The van der Waals surface area contributed by atoms with E-state index >= 15 is 0 Å². The third-order valence-corrected chi connectivity index (χ3v) is 5.57. The Kier molecular flexibility index (Phi) is 5.40. The van der Waals surface area contributed by atoms with Gasteiger partial charge in [0.15, 0.2) is 0 Å². The summed E-state index contributed by atoms with van der Waals surface area (Å²) in [6.07, 6.45) is 5.64. The maximum atomic E-state index is 12.6. The van der Waals surface area contributed by atoms with Crippen LogP contribution >= 0.6 is 0 Å². The van der Waals surface area contributed by atoms with Crippen LogP contribution in [-0.4, -0.2) is 27.8 Å². The first-order valence-electron chi connectivity index (χ1n) is 6.95. The molecule has 3 nitrogen and oxygen atoms in total. The van der Waals surface area contributed by atoms with Gasteiger partial charge in [0.1, 0.15) is 5.75 Å². The highest BCUT2D eigenvalue weighted by atomic mass is 32.2. The van der Waals surface area contributed by atoms with Crippen LogP contribution < -0.4 is 4.74 Å². The van der Waals surface area contributed by atoms with Crippen molar-refractivity contribution in [3.05, 3.63) is 24.3 Å². The van der Waals surface area contributed by atoms with Crippen LogP contribution in [0, 0.1) is 0 Å². The van der Waals surface area contributed by atoms with Crippen LogP contribution in [0.4, 0.5) is 0 Å². The highest BCUT2D eigenvalue weighted by Gasteiger charge is 2.27. The minimum Gasteiger partial charge on any atom is -0.497 e. The van der Waals surface area contributed by atoms with Crippen molar-refractivity contribution in [1.29, 1.82) is 0 Å². The standard InChI is InChI=1S/C15H22O3S/c1-18-12-8-10-13(11-9-12)19(17)15-7-5-3-2-4-6-14(15)16/h8-11,14-16H,2-7H2,1H3/t14-,15-,19?/m1/s1. The van der Waals surface area contributed by atoms with Crippen molar-refractivity contribution in [2.75, 3.05) is 7.11 Å². The number of aliphatic hydroxyl groups is 1. The van der Waals surface area contributed by atoms with Gasteiger partial charge in [-0.2, -0.15) is 0 Å².